The number of halogens is 1. The molecule has 3 rings (SSSR count). The summed E-state index contributed by atoms with van der Waals surface area (Å²) in [6.07, 6.45) is 5.16. The van der Waals surface area contributed by atoms with Crippen LogP contribution in [0.5, 0.6) is 0 Å². The summed E-state index contributed by atoms with van der Waals surface area (Å²) in [6, 6.07) is 4.97. The molecule has 2 aliphatic heterocycles. The van der Waals surface area contributed by atoms with Crippen molar-refractivity contribution in [3.05, 3.63) is 29.6 Å². The summed E-state index contributed by atoms with van der Waals surface area (Å²) in [7, 11) is -3.80. The maximum atomic E-state index is 13.5. The molecule has 2 N–H and O–H groups in total. The number of hydrogen-bond acceptors (Lipinski definition) is 3. The van der Waals surface area contributed by atoms with Gasteiger partial charge in [0.05, 0.1) is 4.90 Å². The van der Waals surface area contributed by atoms with Gasteiger partial charge in [-0.2, -0.15) is 0 Å². The summed E-state index contributed by atoms with van der Waals surface area (Å²) in [5, 5.41) is 5.26. The Morgan fingerprint density at radius 2 is 1.91 bits per heavy atom. The van der Waals surface area contributed by atoms with Crippen LogP contribution >= 0.6 is 0 Å². The van der Waals surface area contributed by atoms with Gasteiger partial charge in [-0.15, -0.1) is 0 Å². The molecule has 1 aromatic carbocycles. The predicted octanol–water partition coefficient (Wildman–Crippen LogP) is 2.28. The number of piperidine rings is 1. The van der Waals surface area contributed by atoms with Crippen LogP contribution in [-0.4, -0.2) is 31.9 Å². The van der Waals surface area contributed by atoms with Gasteiger partial charge >= 0.3 is 0 Å². The first-order chi connectivity index (χ1) is 10.4. The first kappa shape index (κ1) is 15.9. The van der Waals surface area contributed by atoms with Gasteiger partial charge in [-0.05, 0) is 68.3 Å². The van der Waals surface area contributed by atoms with Crippen molar-refractivity contribution in [3.8, 4) is 0 Å². The minimum atomic E-state index is -3.80. The molecule has 2 fully saturated rings. The Bertz CT molecular complexity index is 648. The van der Waals surface area contributed by atoms with Gasteiger partial charge in [-0.3, -0.25) is 4.90 Å². The van der Waals surface area contributed by atoms with Crippen molar-refractivity contribution < 1.29 is 12.8 Å². The van der Waals surface area contributed by atoms with E-state index in [0.29, 0.717) is 30.0 Å². The van der Waals surface area contributed by atoms with Gasteiger partial charge in [0.1, 0.15) is 5.82 Å². The zero-order valence-corrected chi connectivity index (χ0v) is 13.7. The smallest absolute Gasteiger partial charge is 0.238 e. The molecular weight excluding hydrogens is 303 g/mol. The molecule has 0 saturated carbocycles. The highest BCUT2D eigenvalue weighted by atomic mass is 32.2. The lowest BCUT2D eigenvalue weighted by Crippen LogP contribution is -2.43. The second-order valence-corrected chi connectivity index (χ2v) is 8.08. The molecule has 2 saturated heterocycles. The summed E-state index contributed by atoms with van der Waals surface area (Å²) >= 11 is 0. The number of nitrogens with zero attached hydrogens (tertiary/aromatic N) is 1. The Hall–Kier alpha value is -0.980. The maximum Gasteiger partial charge on any atom is 0.238 e. The van der Waals surface area contributed by atoms with Crippen molar-refractivity contribution in [3.63, 3.8) is 0 Å². The first-order valence-corrected chi connectivity index (χ1v) is 9.50. The Kier molecular flexibility index (Phi) is 4.27. The topological polar surface area (TPSA) is 63.4 Å². The summed E-state index contributed by atoms with van der Waals surface area (Å²) in [5.41, 5.74) is 0.525. The lowest BCUT2D eigenvalue weighted by atomic mass is 9.86. The molecule has 2 aliphatic rings. The molecule has 122 valence electrons. The van der Waals surface area contributed by atoms with E-state index in [-0.39, 0.29) is 4.90 Å². The van der Waals surface area contributed by atoms with Crippen molar-refractivity contribution in [1.82, 2.24) is 4.90 Å². The van der Waals surface area contributed by atoms with E-state index in [1.807, 2.05) is 0 Å². The van der Waals surface area contributed by atoms with Gasteiger partial charge in [-0.25, -0.2) is 17.9 Å². The highest BCUT2D eigenvalue weighted by Gasteiger charge is 2.39. The molecule has 2 bridgehead atoms. The highest BCUT2D eigenvalue weighted by Crippen LogP contribution is 2.40. The Labute approximate surface area is 131 Å². The van der Waals surface area contributed by atoms with Crippen LogP contribution in [0.1, 0.15) is 38.2 Å². The molecule has 0 amide bonds. The fraction of sp³-hybridized carbons (Fsp3) is 0.625. The lowest BCUT2D eigenvalue weighted by Gasteiger charge is -2.38. The predicted molar refractivity (Wildman–Crippen MR) is 83.4 cm³/mol. The van der Waals surface area contributed by atoms with Crippen LogP contribution in [-0.2, 0) is 16.4 Å². The fourth-order valence-corrected chi connectivity index (χ4v) is 5.13. The Morgan fingerprint density at radius 1 is 1.27 bits per heavy atom. The summed E-state index contributed by atoms with van der Waals surface area (Å²) in [6.45, 7) is 3.27. The third-order valence-electron chi connectivity index (χ3n) is 5.18. The van der Waals surface area contributed by atoms with Gasteiger partial charge < -0.3 is 0 Å². The van der Waals surface area contributed by atoms with Gasteiger partial charge in [0, 0.05) is 12.1 Å². The average Bonchev–Trinajstić information content (AvgIpc) is 2.67. The summed E-state index contributed by atoms with van der Waals surface area (Å²) < 4.78 is 36.9. The fourth-order valence-electron chi connectivity index (χ4n) is 4.37. The van der Waals surface area contributed by atoms with Gasteiger partial charge in [0.25, 0.3) is 0 Å². The number of sulfonamides is 1. The Morgan fingerprint density at radius 3 is 2.45 bits per heavy atom. The first-order valence-electron chi connectivity index (χ1n) is 7.95. The second-order valence-electron chi connectivity index (χ2n) is 6.55. The van der Waals surface area contributed by atoms with Gasteiger partial charge in [0.15, 0.2) is 0 Å². The molecule has 6 heteroatoms. The number of nitrogens with two attached hydrogens (primary N) is 1. The summed E-state index contributed by atoms with van der Waals surface area (Å²) in [4.78, 5) is 2.63. The van der Waals surface area contributed by atoms with Crippen LogP contribution in [0.25, 0.3) is 0 Å². The third-order valence-corrected chi connectivity index (χ3v) is 6.20. The van der Waals surface area contributed by atoms with E-state index in [0.717, 1.165) is 25.5 Å². The van der Waals surface area contributed by atoms with Crippen LogP contribution < -0.4 is 5.14 Å². The molecule has 22 heavy (non-hydrogen) atoms. The zero-order chi connectivity index (χ0) is 15.9. The number of rotatable bonds is 4. The summed E-state index contributed by atoms with van der Waals surface area (Å²) in [5.74, 6) is -0.000957. The number of primary sulfonamides is 1. The quantitative estimate of drug-likeness (QED) is 0.923. The van der Waals surface area contributed by atoms with Gasteiger partial charge in [0.2, 0.25) is 10.0 Å². The molecule has 0 radical (unpaired) electrons. The van der Waals surface area contributed by atoms with Crippen LogP contribution in [0.4, 0.5) is 4.39 Å². The normalized spacial score (nSPS) is 29.0. The van der Waals surface area contributed by atoms with Crippen molar-refractivity contribution in [1.29, 1.82) is 0 Å². The van der Waals surface area contributed by atoms with Crippen molar-refractivity contribution in [2.24, 2.45) is 11.1 Å². The Balaban J connectivity index is 1.81. The number of fused-ring (bicyclic) bond motifs is 2. The number of hydrogen-bond donors (Lipinski definition) is 1. The van der Waals surface area contributed by atoms with Crippen molar-refractivity contribution in [2.75, 3.05) is 6.54 Å². The van der Waals surface area contributed by atoms with Crippen LogP contribution in [0, 0.1) is 11.7 Å². The molecule has 2 heterocycles. The van der Waals surface area contributed by atoms with E-state index in [9.17, 15) is 12.8 Å². The lowest BCUT2D eigenvalue weighted by molar-refractivity contribution is 0.110. The van der Waals surface area contributed by atoms with E-state index < -0.39 is 15.8 Å². The molecular formula is C16H23FN2O2S. The molecule has 2 unspecified atom stereocenters. The number of benzene rings is 1. The van der Waals surface area contributed by atoms with E-state index in [1.165, 1.54) is 25.0 Å². The minimum Gasteiger partial charge on any atom is -0.298 e. The molecule has 1 aromatic rings. The molecule has 2 atom stereocenters. The third kappa shape index (κ3) is 3.05. The van der Waals surface area contributed by atoms with Crippen molar-refractivity contribution in [2.45, 2.75) is 56.0 Å². The highest BCUT2D eigenvalue weighted by molar-refractivity contribution is 7.89. The molecule has 4 nitrogen and oxygen atoms in total. The van der Waals surface area contributed by atoms with E-state index in [2.05, 4.69) is 11.8 Å². The van der Waals surface area contributed by atoms with E-state index >= 15 is 0 Å². The SMILES string of the molecule is CCN1C2CCC1CC(Cc1cc(F)ccc1S(N)(=O)=O)C2. The van der Waals surface area contributed by atoms with E-state index in [4.69, 9.17) is 5.14 Å². The van der Waals surface area contributed by atoms with Crippen LogP contribution in [0.2, 0.25) is 0 Å². The molecule has 0 aromatic heterocycles. The van der Waals surface area contributed by atoms with Gasteiger partial charge in [-0.1, -0.05) is 6.92 Å². The maximum absolute atomic E-state index is 13.5. The molecule has 0 aliphatic carbocycles. The van der Waals surface area contributed by atoms with Crippen molar-refractivity contribution >= 4 is 10.0 Å². The largest absolute Gasteiger partial charge is 0.298 e. The zero-order valence-electron chi connectivity index (χ0n) is 12.8. The van der Waals surface area contributed by atoms with E-state index in [1.54, 1.807) is 0 Å². The van der Waals surface area contributed by atoms with Crippen LogP contribution in [0.3, 0.4) is 0 Å². The van der Waals surface area contributed by atoms with Crippen LogP contribution in [0.15, 0.2) is 23.1 Å². The average molecular weight is 326 g/mol. The second kappa shape index (κ2) is 5.91. The standard InChI is InChI=1S/C16H23FN2O2S/c1-2-19-14-4-5-15(19)9-11(8-14)7-12-10-13(17)3-6-16(12)22(18,20)21/h3,6,10-11,14-15H,2,4-5,7-9H2,1H3,(H2,18,20,21). The molecule has 0 spiro atoms. The minimum absolute atomic E-state index is 0.0687. The monoisotopic (exact) mass is 326 g/mol.